The topological polar surface area (TPSA) is 66.9 Å². The molecule has 3 aliphatic heterocycles. The maximum absolute atomic E-state index is 12.9. The number of sulfonamides is 1. The van der Waals surface area contributed by atoms with Crippen molar-refractivity contribution in [3.05, 3.63) is 42.0 Å². The second-order valence-corrected chi connectivity index (χ2v) is 9.23. The zero-order valence-corrected chi connectivity index (χ0v) is 15.6. The van der Waals surface area contributed by atoms with Crippen molar-refractivity contribution in [3.63, 3.8) is 0 Å². The van der Waals surface area contributed by atoms with E-state index in [1.54, 1.807) is 24.3 Å². The predicted octanol–water partition coefficient (Wildman–Crippen LogP) is 2.03. The van der Waals surface area contributed by atoms with Crippen molar-refractivity contribution in [3.8, 4) is 0 Å². The van der Waals surface area contributed by atoms with Crippen LogP contribution in [0.25, 0.3) is 0 Å². The van der Waals surface area contributed by atoms with Gasteiger partial charge in [0.05, 0.1) is 18.1 Å². The van der Waals surface area contributed by atoms with Gasteiger partial charge >= 0.3 is 0 Å². The minimum atomic E-state index is -3.53. The van der Waals surface area contributed by atoms with Crippen molar-refractivity contribution >= 4 is 15.9 Å². The second kappa shape index (κ2) is 6.79. The lowest BCUT2D eigenvalue weighted by Crippen LogP contribution is -2.44. The van der Waals surface area contributed by atoms with E-state index in [9.17, 15) is 13.2 Å². The number of morpholine rings is 1. The Kier molecular flexibility index (Phi) is 4.62. The van der Waals surface area contributed by atoms with Gasteiger partial charge in [-0.3, -0.25) is 4.79 Å². The summed E-state index contributed by atoms with van der Waals surface area (Å²) < 4.78 is 32.0. The molecule has 2 bridgehead atoms. The van der Waals surface area contributed by atoms with Crippen molar-refractivity contribution in [2.24, 2.45) is 0 Å². The van der Waals surface area contributed by atoms with Crippen LogP contribution in [-0.2, 0) is 14.8 Å². The summed E-state index contributed by atoms with van der Waals surface area (Å²) in [5.74, 6) is 0.000297. The first-order chi connectivity index (χ1) is 12.5. The zero-order valence-electron chi connectivity index (χ0n) is 14.8. The van der Waals surface area contributed by atoms with Gasteiger partial charge in [-0.15, -0.1) is 0 Å². The van der Waals surface area contributed by atoms with Crippen molar-refractivity contribution in [1.82, 2.24) is 9.21 Å². The number of ether oxygens (including phenoxy) is 1. The molecule has 3 aliphatic rings. The third-order valence-corrected chi connectivity index (χ3v) is 7.52. The molecule has 0 spiro atoms. The third-order valence-electron chi connectivity index (χ3n) is 5.61. The van der Waals surface area contributed by atoms with Crippen LogP contribution in [0.5, 0.6) is 0 Å². The van der Waals surface area contributed by atoms with Gasteiger partial charge in [0, 0.05) is 30.7 Å². The first-order valence-corrected chi connectivity index (χ1v) is 10.6. The monoisotopic (exact) mass is 376 g/mol. The number of hydrogen-bond acceptors (Lipinski definition) is 4. The van der Waals surface area contributed by atoms with Gasteiger partial charge in [0.1, 0.15) is 0 Å². The Bertz CT molecular complexity index is 796. The van der Waals surface area contributed by atoms with Crippen molar-refractivity contribution in [1.29, 1.82) is 0 Å². The smallest absolute Gasteiger partial charge is 0.254 e. The third kappa shape index (κ3) is 3.08. The molecule has 4 rings (SSSR count). The Morgan fingerprint density at radius 2 is 1.62 bits per heavy atom. The standard InChI is InChI=1S/C19H24N2O4S/c1-14-12-16-4-5-17(13-14)21(16)19(22)15-2-6-18(7-3-15)26(23,24)20-8-10-25-11-9-20/h2-3,6-7,16-17H,1,4-5,8-13H2. The fourth-order valence-electron chi connectivity index (χ4n) is 4.30. The van der Waals surface area contributed by atoms with Crippen LogP contribution in [0.15, 0.2) is 41.3 Å². The SMILES string of the molecule is C=C1CC2CCC(C1)N2C(=O)c1ccc(S(=O)(=O)N2CCOCC2)cc1. The van der Waals surface area contributed by atoms with E-state index in [1.807, 2.05) is 4.90 Å². The van der Waals surface area contributed by atoms with Gasteiger partial charge in [-0.1, -0.05) is 12.2 Å². The summed E-state index contributed by atoms with van der Waals surface area (Å²) >= 11 is 0. The highest BCUT2D eigenvalue weighted by atomic mass is 32.2. The van der Waals surface area contributed by atoms with Crippen LogP contribution in [0.2, 0.25) is 0 Å². The van der Waals surface area contributed by atoms with Crippen molar-refractivity contribution in [2.45, 2.75) is 42.7 Å². The molecule has 2 atom stereocenters. The van der Waals surface area contributed by atoms with E-state index >= 15 is 0 Å². The van der Waals surface area contributed by atoms with Crippen LogP contribution in [0, 0.1) is 0 Å². The summed E-state index contributed by atoms with van der Waals surface area (Å²) in [7, 11) is -3.53. The van der Waals surface area contributed by atoms with E-state index in [4.69, 9.17) is 4.74 Å². The van der Waals surface area contributed by atoms with Gasteiger partial charge in [0.25, 0.3) is 5.91 Å². The number of nitrogens with zero attached hydrogens (tertiary/aromatic N) is 2. The van der Waals surface area contributed by atoms with E-state index in [0.717, 1.165) is 25.7 Å². The fraction of sp³-hybridized carbons (Fsp3) is 0.526. The highest BCUT2D eigenvalue weighted by Gasteiger charge is 2.41. The molecule has 0 saturated carbocycles. The molecule has 26 heavy (non-hydrogen) atoms. The Balaban J connectivity index is 1.53. The molecular formula is C19H24N2O4S. The predicted molar refractivity (Wildman–Crippen MR) is 97.4 cm³/mol. The molecule has 6 nitrogen and oxygen atoms in total. The highest BCUT2D eigenvalue weighted by molar-refractivity contribution is 7.89. The van der Waals surface area contributed by atoms with Gasteiger partial charge in [0.2, 0.25) is 10.0 Å². The van der Waals surface area contributed by atoms with E-state index in [0.29, 0.717) is 31.9 Å². The number of rotatable bonds is 3. The van der Waals surface area contributed by atoms with E-state index < -0.39 is 10.0 Å². The minimum absolute atomic E-state index is 0.000297. The molecule has 3 fully saturated rings. The largest absolute Gasteiger partial charge is 0.379 e. The lowest BCUT2D eigenvalue weighted by atomic mass is 9.97. The van der Waals surface area contributed by atoms with E-state index in [-0.39, 0.29) is 22.9 Å². The summed E-state index contributed by atoms with van der Waals surface area (Å²) in [4.78, 5) is 15.2. The molecule has 0 aliphatic carbocycles. The number of amides is 1. The number of benzene rings is 1. The Hall–Kier alpha value is -1.70. The zero-order chi connectivity index (χ0) is 18.3. The molecule has 1 aromatic carbocycles. The second-order valence-electron chi connectivity index (χ2n) is 7.30. The molecule has 1 aromatic rings. The quantitative estimate of drug-likeness (QED) is 0.757. The van der Waals surface area contributed by atoms with Gasteiger partial charge in [-0.2, -0.15) is 4.31 Å². The molecule has 7 heteroatoms. The summed E-state index contributed by atoms with van der Waals surface area (Å²) in [6, 6.07) is 6.85. The highest BCUT2D eigenvalue weighted by Crippen LogP contribution is 2.38. The van der Waals surface area contributed by atoms with E-state index in [1.165, 1.54) is 9.88 Å². The van der Waals surface area contributed by atoms with Gasteiger partial charge in [0.15, 0.2) is 0 Å². The minimum Gasteiger partial charge on any atom is -0.379 e. The Labute approximate surface area is 154 Å². The first kappa shape index (κ1) is 17.7. The number of piperidine rings is 1. The van der Waals surface area contributed by atoms with E-state index in [2.05, 4.69) is 6.58 Å². The van der Waals surface area contributed by atoms with Crippen molar-refractivity contribution in [2.75, 3.05) is 26.3 Å². The molecule has 0 N–H and O–H groups in total. The van der Waals surface area contributed by atoms with Crippen LogP contribution < -0.4 is 0 Å². The molecule has 3 heterocycles. The molecule has 2 unspecified atom stereocenters. The molecule has 1 amide bonds. The van der Waals surface area contributed by atoms with Crippen molar-refractivity contribution < 1.29 is 17.9 Å². The Morgan fingerprint density at radius 3 is 2.19 bits per heavy atom. The lowest BCUT2D eigenvalue weighted by Gasteiger charge is -2.36. The summed E-state index contributed by atoms with van der Waals surface area (Å²) in [6.45, 7) is 5.65. The summed E-state index contributed by atoms with van der Waals surface area (Å²) in [5, 5.41) is 0. The molecule has 3 saturated heterocycles. The number of carbonyl (C=O) groups excluding carboxylic acids is 1. The maximum Gasteiger partial charge on any atom is 0.254 e. The summed E-state index contributed by atoms with van der Waals surface area (Å²) in [6.07, 6.45) is 3.81. The van der Waals surface area contributed by atoms with Gasteiger partial charge in [-0.05, 0) is 49.9 Å². The first-order valence-electron chi connectivity index (χ1n) is 9.14. The lowest BCUT2D eigenvalue weighted by molar-refractivity contribution is 0.0635. The number of hydrogen-bond donors (Lipinski definition) is 0. The normalized spacial score (nSPS) is 26.9. The van der Waals surface area contributed by atoms with Gasteiger partial charge < -0.3 is 9.64 Å². The van der Waals surface area contributed by atoms with Crippen LogP contribution in [0.4, 0.5) is 0 Å². The number of carbonyl (C=O) groups is 1. The van der Waals surface area contributed by atoms with Crippen LogP contribution >= 0.6 is 0 Å². The maximum atomic E-state index is 12.9. The fourth-order valence-corrected chi connectivity index (χ4v) is 5.71. The average Bonchev–Trinajstić information content (AvgIpc) is 2.93. The summed E-state index contributed by atoms with van der Waals surface area (Å²) in [5.41, 5.74) is 1.78. The average molecular weight is 376 g/mol. The van der Waals surface area contributed by atoms with Crippen LogP contribution in [-0.4, -0.2) is 61.9 Å². The number of fused-ring (bicyclic) bond motifs is 2. The Morgan fingerprint density at radius 1 is 1.04 bits per heavy atom. The van der Waals surface area contributed by atoms with Crippen LogP contribution in [0.1, 0.15) is 36.0 Å². The molecule has 0 aromatic heterocycles. The molecule has 0 radical (unpaired) electrons. The molecule has 140 valence electrons. The molecular weight excluding hydrogens is 352 g/mol. The van der Waals surface area contributed by atoms with Gasteiger partial charge in [-0.25, -0.2) is 8.42 Å². The van der Waals surface area contributed by atoms with Crippen LogP contribution in [0.3, 0.4) is 0 Å².